The van der Waals surface area contributed by atoms with Gasteiger partial charge < -0.3 is 5.32 Å². The molecule has 1 rings (SSSR count). The Labute approximate surface area is 122 Å². The van der Waals surface area contributed by atoms with Crippen molar-refractivity contribution in [1.29, 1.82) is 0 Å². The van der Waals surface area contributed by atoms with Crippen LogP contribution in [0, 0.1) is 0 Å². The Kier molecular flexibility index (Phi) is 6.41. The van der Waals surface area contributed by atoms with Crippen molar-refractivity contribution in [2.24, 2.45) is 0 Å². The van der Waals surface area contributed by atoms with Crippen molar-refractivity contribution in [1.82, 2.24) is 9.71 Å². The monoisotopic (exact) mass is 325 g/mol. The molecule has 9 heteroatoms. The molecule has 0 spiro atoms. The number of nitrogens with one attached hydrogen (secondary N) is 2. The molecule has 1 heterocycles. The summed E-state index contributed by atoms with van der Waals surface area (Å²) in [7, 11) is -3.93. The summed E-state index contributed by atoms with van der Waals surface area (Å²) in [5, 5.41) is 2.72. The maximum atomic E-state index is 12.0. The van der Waals surface area contributed by atoms with Crippen LogP contribution in [0.25, 0.3) is 0 Å². The van der Waals surface area contributed by atoms with E-state index in [0.717, 1.165) is 6.42 Å². The lowest BCUT2D eigenvalue weighted by Gasteiger charge is -2.12. The van der Waals surface area contributed by atoms with Crippen LogP contribution in [-0.4, -0.2) is 32.7 Å². The van der Waals surface area contributed by atoms with Gasteiger partial charge in [-0.1, -0.05) is 6.92 Å². The summed E-state index contributed by atoms with van der Waals surface area (Å²) in [5.74, 6) is 0. The summed E-state index contributed by atoms with van der Waals surface area (Å²) in [4.78, 5) is 3.80. The molecule has 1 aromatic rings. The molecular weight excluding hydrogens is 307 g/mol. The van der Waals surface area contributed by atoms with Gasteiger partial charge in [-0.15, -0.1) is 0 Å². The van der Waals surface area contributed by atoms with Crippen LogP contribution in [0.4, 0.5) is 18.9 Å². The largest absolute Gasteiger partial charge is 0.389 e. The third kappa shape index (κ3) is 6.30. The van der Waals surface area contributed by atoms with Crippen LogP contribution in [0.5, 0.6) is 0 Å². The van der Waals surface area contributed by atoms with Crippen molar-refractivity contribution in [3.63, 3.8) is 0 Å². The minimum atomic E-state index is -4.29. The minimum absolute atomic E-state index is 0.203. The molecule has 21 heavy (non-hydrogen) atoms. The number of pyridine rings is 1. The Morgan fingerprint density at radius 1 is 1.29 bits per heavy atom. The second-order valence-corrected chi connectivity index (χ2v) is 6.08. The van der Waals surface area contributed by atoms with E-state index in [-0.39, 0.29) is 18.0 Å². The van der Waals surface area contributed by atoms with Gasteiger partial charge in [-0.2, -0.15) is 13.2 Å². The number of anilines is 1. The zero-order valence-corrected chi connectivity index (χ0v) is 12.4. The smallest absolute Gasteiger partial charge is 0.383 e. The molecule has 0 saturated heterocycles. The van der Waals surface area contributed by atoms with Crippen LogP contribution in [0.15, 0.2) is 23.4 Å². The van der Waals surface area contributed by atoms with Crippen molar-refractivity contribution < 1.29 is 21.6 Å². The summed E-state index contributed by atoms with van der Waals surface area (Å²) in [6.07, 6.45) is -3.51. The highest BCUT2D eigenvalue weighted by molar-refractivity contribution is 7.89. The van der Waals surface area contributed by atoms with Crippen molar-refractivity contribution >= 4 is 15.7 Å². The SMILES string of the molecule is CCCNc1cccnc1S(=O)(=O)NCCCC(F)(F)F. The van der Waals surface area contributed by atoms with Gasteiger partial charge >= 0.3 is 6.18 Å². The number of alkyl halides is 3. The second-order valence-electron chi connectivity index (χ2n) is 4.40. The first kappa shape index (κ1) is 17.7. The van der Waals surface area contributed by atoms with E-state index in [2.05, 4.69) is 15.0 Å². The maximum absolute atomic E-state index is 12.0. The molecule has 0 fully saturated rings. The molecule has 5 nitrogen and oxygen atoms in total. The molecular formula is C12H18F3N3O2S. The molecule has 0 radical (unpaired) electrons. The number of aromatic nitrogens is 1. The van der Waals surface area contributed by atoms with Gasteiger partial charge in [-0.25, -0.2) is 18.1 Å². The molecule has 2 N–H and O–H groups in total. The Hall–Kier alpha value is -1.35. The topological polar surface area (TPSA) is 71.1 Å². The molecule has 1 aromatic heterocycles. The van der Waals surface area contributed by atoms with Gasteiger partial charge in [0.25, 0.3) is 10.0 Å². The fourth-order valence-corrected chi connectivity index (χ4v) is 2.74. The van der Waals surface area contributed by atoms with E-state index in [1.54, 1.807) is 12.1 Å². The minimum Gasteiger partial charge on any atom is -0.383 e. The highest BCUT2D eigenvalue weighted by Gasteiger charge is 2.27. The molecule has 0 aromatic carbocycles. The van der Waals surface area contributed by atoms with Gasteiger partial charge in [-0.05, 0) is 25.0 Å². The lowest BCUT2D eigenvalue weighted by molar-refractivity contribution is -0.135. The van der Waals surface area contributed by atoms with Crippen LogP contribution in [0.3, 0.4) is 0 Å². The standard InChI is InChI=1S/C12H18F3N3O2S/c1-2-7-16-10-5-3-8-17-11(10)21(19,20)18-9-4-6-12(13,14)15/h3,5,8,16,18H,2,4,6-7,9H2,1H3. The van der Waals surface area contributed by atoms with Crippen LogP contribution >= 0.6 is 0 Å². The summed E-state index contributed by atoms with van der Waals surface area (Å²) >= 11 is 0. The van der Waals surface area contributed by atoms with E-state index in [1.807, 2.05) is 6.92 Å². The number of sulfonamides is 1. The second kappa shape index (κ2) is 7.60. The Morgan fingerprint density at radius 2 is 2.00 bits per heavy atom. The number of hydrogen-bond acceptors (Lipinski definition) is 4. The van der Waals surface area contributed by atoms with Crippen LogP contribution in [-0.2, 0) is 10.0 Å². The molecule has 0 atom stereocenters. The first-order valence-electron chi connectivity index (χ1n) is 6.51. The van der Waals surface area contributed by atoms with Crippen molar-refractivity contribution in [2.75, 3.05) is 18.4 Å². The first-order chi connectivity index (χ1) is 9.76. The maximum Gasteiger partial charge on any atom is 0.389 e. The van der Waals surface area contributed by atoms with Crippen LogP contribution < -0.4 is 10.0 Å². The van der Waals surface area contributed by atoms with Crippen molar-refractivity contribution in [3.8, 4) is 0 Å². The molecule has 120 valence electrons. The van der Waals surface area contributed by atoms with Crippen molar-refractivity contribution in [2.45, 2.75) is 37.4 Å². The zero-order chi connectivity index (χ0) is 15.9. The first-order valence-corrected chi connectivity index (χ1v) is 8.00. The number of halogens is 3. The molecule has 0 saturated carbocycles. The van der Waals surface area contributed by atoms with Gasteiger partial charge in [0.05, 0.1) is 5.69 Å². The van der Waals surface area contributed by atoms with Gasteiger partial charge in [0, 0.05) is 25.7 Å². The van der Waals surface area contributed by atoms with E-state index in [4.69, 9.17) is 0 Å². The Morgan fingerprint density at radius 3 is 2.62 bits per heavy atom. The van der Waals surface area contributed by atoms with Gasteiger partial charge in [0.2, 0.25) is 0 Å². The third-order valence-electron chi connectivity index (χ3n) is 2.52. The Bertz CT molecular complexity index is 547. The lowest BCUT2D eigenvalue weighted by Crippen LogP contribution is -2.27. The highest BCUT2D eigenvalue weighted by atomic mass is 32.2. The van der Waals surface area contributed by atoms with E-state index in [0.29, 0.717) is 12.2 Å². The lowest BCUT2D eigenvalue weighted by atomic mass is 10.3. The molecule has 0 aliphatic heterocycles. The fourth-order valence-electron chi connectivity index (χ4n) is 1.56. The predicted octanol–water partition coefficient (Wildman–Crippen LogP) is 2.52. The summed E-state index contributed by atoms with van der Waals surface area (Å²) < 4.78 is 62.2. The van der Waals surface area contributed by atoms with E-state index >= 15 is 0 Å². The third-order valence-corrected chi connectivity index (χ3v) is 3.94. The molecule has 0 unspecified atom stereocenters. The predicted molar refractivity (Wildman–Crippen MR) is 73.5 cm³/mol. The zero-order valence-electron chi connectivity index (χ0n) is 11.6. The molecule has 0 bridgehead atoms. The highest BCUT2D eigenvalue weighted by Crippen LogP contribution is 2.21. The summed E-state index contributed by atoms with van der Waals surface area (Å²) in [6, 6.07) is 3.15. The summed E-state index contributed by atoms with van der Waals surface area (Å²) in [6.45, 7) is 2.21. The summed E-state index contributed by atoms with van der Waals surface area (Å²) in [5.41, 5.74) is 0.336. The van der Waals surface area contributed by atoms with Gasteiger partial charge in [0.15, 0.2) is 5.03 Å². The normalized spacial score (nSPS) is 12.4. The molecule has 0 amide bonds. The average molecular weight is 325 g/mol. The fraction of sp³-hybridized carbons (Fsp3) is 0.583. The quantitative estimate of drug-likeness (QED) is 0.721. The van der Waals surface area contributed by atoms with E-state index < -0.39 is 22.6 Å². The van der Waals surface area contributed by atoms with Gasteiger partial charge in [0.1, 0.15) is 0 Å². The number of nitrogens with zero attached hydrogens (tertiary/aromatic N) is 1. The van der Waals surface area contributed by atoms with Gasteiger partial charge in [-0.3, -0.25) is 0 Å². The van der Waals surface area contributed by atoms with Crippen molar-refractivity contribution in [3.05, 3.63) is 18.3 Å². The van der Waals surface area contributed by atoms with Crippen LogP contribution in [0.2, 0.25) is 0 Å². The molecule has 0 aliphatic carbocycles. The van der Waals surface area contributed by atoms with E-state index in [1.165, 1.54) is 6.20 Å². The number of hydrogen-bond donors (Lipinski definition) is 2. The number of rotatable bonds is 8. The Balaban J connectivity index is 2.70. The van der Waals surface area contributed by atoms with Crippen LogP contribution in [0.1, 0.15) is 26.2 Å². The average Bonchev–Trinajstić information content (AvgIpc) is 2.41. The molecule has 0 aliphatic rings. The van der Waals surface area contributed by atoms with E-state index in [9.17, 15) is 21.6 Å².